The van der Waals surface area contributed by atoms with E-state index in [-0.39, 0.29) is 18.3 Å². The number of fused-ring (bicyclic) bond motifs is 1. The van der Waals surface area contributed by atoms with Gasteiger partial charge in [0.25, 0.3) is 11.7 Å². The van der Waals surface area contributed by atoms with Gasteiger partial charge < -0.3 is 14.8 Å². The summed E-state index contributed by atoms with van der Waals surface area (Å²) in [5.41, 5.74) is 1.68. The second kappa shape index (κ2) is 7.06. The number of halogens is 1. The Morgan fingerprint density at radius 2 is 2.00 bits per heavy atom. The minimum atomic E-state index is -0.383. The van der Waals surface area contributed by atoms with Crippen molar-refractivity contribution < 1.29 is 14.3 Å². The van der Waals surface area contributed by atoms with Gasteiger partial charge in [-0.3, -0.25) is 4.79 Å². The van der Waals surface area contributed by atoms with Crippen molar-refractivity contribution in [1.29, 1.82) is 0 Å². The van der Waals surface area contributed by atoms with Crippen LogP contribution in [0.4, 0.5) is 0 Å². The average Bonchev–Trinajstić information content (AvgIpc) is 3.06. The van der Waals surface area contributed by atoms with Gasteiger partial charge in [0, 0.05) is 22.9 Å². The van der Waals surface area contributed by atoms with Crippen LogP contribution in [-0.2, 0) is 6.54 Å². The van der Waals surface area contributed by atoms with Crippen LogP contribution in [-0.4, -0.2) is 39.7 Å². The molecule has 0 radical (unpaired) electrons. The fourth-order valence-electron chi connectivity index (χ4n) is 2.29. The lowest BCUT2D eigenvalue weighted by atomic mass is 10.2. The number of benzene rings is 1. The molecule has 1 amide bonds. The van der Waals surface area contributed by atoms with Crippen LogP contribution in [0.2, 0.25) is 0 Å². The van der Waals surface area contributed by atoms with Crippen molar-refractivity contribution in [2.45, 2.75) is 13.5 Å². The zero-order valence-electron chi connectivity index (χ0n) is 13.9. The molecule has 0 aliphatic rings. The summed E-state index contributed by atoms with van der Waals surface area (Å²) >= 11 is 3.46. The van der Waals surface area contributed by atoms with E-state index in [0.29, 0.717) is 17.3 Å². The van der Waals surface area contributed by atoms with E-state index in [2.05, 4.69) is 36.3 Å². The SMILES string of the molecule is COc1cc(Br)c(CNC(=O)c2nc3nccc(C)n3n2)cc1OC. The summed E-state index contributed by atoms with van der Waals surface area (Å²) in [7, 11) is 3.13. The van der Waals surface area contributed by atoms with Crippen molar-refractivity contribution in [3.8, 4) is 11.5 Å². The molecule has 0 saturated carbocycles. The second-order valence-electron chi connectivity index (χ2n) is 5.21. The van der Waals surface area contributed by atoms with Crippen LogP contribution in [0.5, 0.6) is 11.5 Å². The van der Waals surface area contributed by atoms with Crippen molar-refractivity contribution in [2.75, 3.05) is 14.2 Å². The first-order chi connectivity index (χ1) is 12.0. The monoisotopic (exact) mass is 405 g/mol. The Bertz CT molecular complexity index is 941. The van der Waals surface area contributed by atoms with Crippen LogP contribution in [0.25, 0.3) is 5.78 Å². The lowest BCUT2D eigenvalue weighted by Gasteiger charge is -2.12. The summed E-state index contributed by atoms with van der Waals surface area (Å²) in [6, 6.07) is 5.38. The molecule has 8 nitrogen and oxygen atoms in total. The van der Waals surface area contributed by atoms with Crippen LogP contribution >= 0.6 is 15.9 Å². The number of nitrogens with one attached hydrogen (secondary N) is 1. The van der Waals surface area contributed by atoms with E-state index in [9.17, 15) is 4.79 Å². The first-order valence-corrected chi connectivity index (χ1v) is 8.19. The van der Waals surface area contributed by atoms with Gasteiger partial charge >= 0.3 is 0 Å². The number of ether oxygens (including phenoxy) is 2. The van der Waals surface area contributed by atoms with Crippen molar-refractivity contribution in [3.63, 3.8) is 0 Å². The number of aromatic nitrogens is 4. The molecule has 9 heteroatoms. The van der Waals surface area contributed by atoms with E-state index in [1.807, 2.05) is 6.92 Å². The van der Waals surface area contributed by atoms with Gasteiger partial charge in [-0.15, -0.1) is 5.10 Å². The van der Waals surface area contributed by atoms with Gasteiger partial charge in [0.2, 0.25) is 5.82 Å². The number of carbonyl (C=O) groups excluding carboxylic acids is 1. The van der Waals surface area contributed by atoms with Crippen molar-refractivity contribution >= 4 is 27.6 Å². The van der Waals surface area contributed by atoms with Gasteiger partial charge in [-0.05, 0) is 30.7 Å². The average molecular weight is 406 g/mol. The first-order valence-electron chi connectivity index (χ1n) is 7.40. The highest BCUT2D eigenvalue weighted by Gasteiger charge is 2.15. The van der Waals surface area contributed by atoms with Crippen LogP contribution in [0.1, 0.15) is 21.9 Å². The zero-order chi connectivity index (χ0) is 18.0. The maximum atomic E-state index is 12.3. The van der Waals surface area contributed by atoms with Gasteiger partial charge in [0.1, 0.15) is 0 Å². The molecule has 0 saturated heterocycles. The summed E-state index contributed by atoms with van der Waals surface area (Å²) in [6.45, 7) is 2.15. The Hall–Kier alpha value is -2.68. The Morgan fingerprint density at radius 3 is 2.68 bits per heavy atom. The molecule has 3 aromatic rings. The molecule has 3 rings (SSSR count). The number of amides is 1. The largest absolute Gasteiger partial charge is 0.493 e. The van der Waals surface area contributed by atoms with Crippen LogP contribution in [0.15, 0.2) is 28.9 Å². The summed E-state index contributed by atoms with van der Waals surface area (Å²) in [4.78, 5) is 20.6. The van der Waals surface area contributed by atoms with Gasteiger partial charge in [0.15, 0.2) is 11.5 Å². The van der Waals surface area contributed by atoms with Gasteiger partial charge in [-0.25, -0.2) is 9.50 Å². The predicted octanol–water partition coefficient (Wildman–Crippen LogP) is 2.14. The van der Waals surface area contributed by atoms with E-state index >= 15 is 0 Å². The molecule has 1 aromatic carbocycles. The van der Waals surface area contributed by atoms with E-state index < -0.39 is 0 Å². The Labute approximate surface area is 152 Å². The minimum Gasteiger partial charge on any atom is -0.493 e. The normalized spacial score (nSPS) is 10.7. The van der Waals surface area contributed by atoms with Gasteiger partial charge in [-0.1, -0.05) is 15.9 Å². The Balaban J connectivity index is 1.78. The third-order valence-corrected chi connectivity index (χ3v) is 4.36. The van der Waals surface area contributed by atoms with Crippen LogP contribution in [0.3, 0.4) is 0 Å². The molecule has 0 aliphatic carbocycles. The minimum absolute atomic E-state index is 0.0680. The Kier molecular flexibility index (Phi) is 4.84. The summed E-state index contributed by atoms with van der Waals surface area (Å²) in [6.07, 6.45) is 1.63. The van der Waals surface area contributed by atoms with E-state index in [1.165, 1.54) is 4.52 Å². The molecule has 2 aromatic heterocycles. The molecule has 0 bridgehead atoms. The van der Waals surface area contributed by atoms with E-state index in [1.54, 1.807) is 38.6 Å². The molecule has 0 aliphatic heterocycles. The van der Waals surface area contributed by atoms with Gasteiger partial charge in [-0.2, -0.15) is 4.98 Å². The van der Waals surface area contributed by atoms with Crippen molar-refractivity contribution in [1.82, 2.24) is 24.9 Å². The number of carbonyl (C=O) groups is 1. The lowest BCUT2D eigenvalue weighted by molar-refractivity contribution is 0.0940. The van der Waals surface area contributed by atoms with E-state index in [4.69, 9.17) is 9.47 Å². The highest BCUT2D eigenvalue weighted by molar-refractivity contribution is 9.10. The zero-order valence-corrected chi connectivity index (χ0v) is 15.5. The third-order valence-electron chi connectivity index (χ3n) is 3.62. The summed E-state index contributed by atoms with van der Waals surface area (Å²) in [5.74, 6) is 1.26. The lowest BCUT2D eigenvalue weighted by Crippen LogP contribution is -2.24. The maximum absolute atomic E-state index is 12.3. The standard InChI is InChI=1S/C16H16BrN5O3/c1-9-4-5-18-16-20-14(21-22(9)16)15(23)19-8-10-6-12(24-2)13(25-3)7-11(10)17/h4-7H,8H2,1-3H3,(H,19,23). The molecule has 25 heavy (non-hydrogen) atoms. The van der Waals surface area contributed by atoms with Crippen LogP contribution in [0, 0.1) is 6.92 Å². The number of aryl methyl sites for hydroxylation is 1. The Morgan fingerprint density at radius 1 is 1.28 bits per heavy atom. The highest BCUT2D eigenvalue weighted by Crippen LogP contribution is 2.33. The number of hydrogen-bond acceptors (Lipinski definition) is 6. The molecular weight excluding hydrogens is 390 g/mol. The number of hydrogen-bond donors (Lipinski definition) is 1. The number of nitrogens with zero attached hydrogens (tertiary/aromatic N) is 4. The molecule has 130 valence electrons. The molecule has 2 heterocycles. The summed E-state index contributed by atoms with van der Waals surface area (Å²) < 4.78 is 12.8. The smallest absolute Gasteiger partial charge is 0.291 e. The van der Waals surface area contributed by atoms with Crippen molar-refractivity contribution in [3.05, 3.63) is 46.0 Å². The number of rotatable bonds is 5. The molecule has 0 fully saturated rings. The second-order valence-corrected chi connectivity index (χ2v) is 6.07. The third kappa shape index (κ3) is 3.41. The maximum Gasteiger partial charge on any atom is 0.291 e. The predicted molar refractivity (Wildman–Crippen MR) is 93.9 cm³/mol. The van der Waals surface area contributed by atoms with Crippen LogP contribution < -0.4 is 14.8 Å². The fraction of sp³-hybridized carbons (Fsp3) is 0.250. The topological polar surface area (TPSA) is 90.6 Å². The van der Waals surface area contributed by atoms with E-state index in [0.717, 1.165) is 15.7 Å². The molecular formula is C16H16BrN5O3. The molecule has 0 spiro atoms. The quantitative estimate of drug-likeness (QED) is 0.699. The van der Waals surface area contributed by atoms with Crippen molar-refractivity contribution in [2.24, 2.45) is 0 Å². The summed E-state index contributed by atoms with van der Waals surface area (Å²) in [5, 5.41) is 6.98. The highest BCUT2D eigenvalue weighted by atomic mass is 79.9. The van der Waals surface area contributed by atoms with Gasteiger partial charge in [0.05, 0.1) is 14.2 Å². The number of methoxy groups -OCH3 is 2. The molecule has 0 atom stereocenters. The molecule has 0 unspecified atom stereocenters. The fourth-order valence-corrected chi connectivity index (χ4v) is 2.75. The molecule has 1 N–H and O–H groups in total. The first kappa shape index (κ1) is 17.2.